The van der Waals surface area contributed by atoms with Crippen LogP contribution in [-0.2, 0) is 10.3 Å². The number of hydrogen-bond donors (Lipinski definition) is 2. The monoisotopic (exact) mass is 334 g/mol. The largest absolute Gasteiger partial charge is 0.386 e. The molecule has 5 nitrogen and oxygen atoms in total. The molecule has 3 amide bonds. The van der Waals surface area contributed by atoms with Gasteiger partial charge in [-0.15, -0.1) is 11.3 Å². The normalized spacial score (nSPS) is 22.3. The highest BCUT2D eigenvalue weighted by molar-refractivity contribution is 7.10. The topological polar surface area (TPSA) is 69.6 Å². The van der Waals surface area contributed by atoms with E-state index in [0.29, 0.717) is 4.88 Å². The first-order valence-corrected chi connectivity index (χ1v) is 7.92. The molecule has 120 valence electrons. The van der Waals surface area contributed by atoms with Gasteiger partial charge in [0.15, 0.2) is 5.54 Å². The second-order valence-electron chi connectivity index (χ2n) is 5.49. The lowest BCUT2D eigenvalue weighted by atomic mass is 10.0. The molecule has 1 fully saturated rings. The van der Waals surface area contributed by atoms with Crippen molar-refractivity contribution < 1.29 is 19.1 Å². The van der Waals surface area contributed by atoms with Crippen LogP contribution < -0.4 is 5.32 Å². The maximum Gasteiger partial charge on any atom is 0.325 e. The van der Waals surface area contributed by atoms with Gasteiger partial charge in [0.25, 0.3) is 5.91 Å². The van der Waals surface area contributed by atoms with Gasteiger partial charge in [-0.2, -0.15) is 0 Å². The Balaban J connectivity index is 1.83. The third kappa shape index (κ3) is 2.62. The minimum absolute atomic E-state index is 0.0535. The van der Waals surface area contributed by atoms with Crippen molar-refractivity contribution in [3.8, 4) is 0 Å². The van der Waals surface area contributed by atoms with E-state index in [0.717, 1.165) is 4.90 Å². The number of amides is 3. The molecule has 2 unspecified atom stereocenters. The van der Waals surface area contributed by atoms with E-state index in [1.165, 1.54) is 29.5 Å². The zero-order chi connectivity index (χ0) is 16.6. The van der Waals surface area contributed by atoms with E-state index in [1.54, 1.807) is 25.1 Å². The van der Waals surface area contributed by atoms with Gasteiger partial charge in [-0.25, -0.2) is 9.18 Å². The van der Waals surface area contributed by atoms with Gasteiger partial charge in [-0.1, -0.05) is 24.3 Å². The summed E-state index contributed by atoms with van der Waals surface area (Å²) in [5.74, 6) is -1.03. The Morgan fingerprint density at radius 2 is 2.04 bits per heavy atom. The van der Waals surface area contributed by atoms with Gasteiger partial charge in [-0.05, 0) is 24.4 Å². The first-order valence-electron chi connectivity index (χ1n) is 7.04. The van der Waals surface area contributed by atoms with Crippen molar-refractivity contribution in [3.05, 3.63) is 58.0 Å². The van der Waals surface area contributed by atoms with Crippen molar-refractivity contribution in [3.63, 3.8) is 0 Å². The lowest BCUT2D eigenvalue weighted by Gasteiger charge is -2.21. The summed E-state index contributed by atoms with van der Waals surface area (Å²) in [5.41, 5.74) is -1.10. The summed E-state index contributed by atoms with van der Waals surface area (Å²) in [7, 11) is 0. The number of aliphatic hydroxyl groups is 1. The zero-order valence-corrected chi connectivity index (χ0v) is 13.1. The maximum absolute atomic E-state index is 13.7. The number of carbonyl (C=O) groups is 2. The van der Waals surface area contributed by atoms with Crippen molar-refractivity contribution >= 4 is 23.3 Å². The molecule has 1 aliphatic rings. The SMILES string of the molecule is CC1(c2cccs2)NC(=O)N(CC(O)c2ccccc2F)C1=O. The smallest absolute Gasteiger partial charge is 0.325 e. The van der Waals surface area contributed by atoms with E-state index in [9.17, 15) is 19.1 Å². The molecule has 23 heavy (non-hydrogen) atoms. The minimum atomic E-state index is -1.28. The van der Waals surface area contributed by atoms with Crippen LogP contribution in [0, 0.1) is 5.82 Å². The molecule has 1 aliphatic heterocycles. The number of aliphatic hydroxyl groups excluding tert-OH is 1. The predicted molar refractivity (Wildman–Crippen MR) is 83.3 cm³/mol. The molecule has 1 aromatic carbocycles. The molecule has 1 saturated heterocycles. The van der Waals surface area contributed by atoms with E-state index in [2.05, 4.69) is 5.32 Å². The Labute approximate surface area is 136 Å². The van der Waals surface area contributed by atoms with Gasteiger partial charge in [0, 0.05) is 10.4 Å². The summed E-state index contributed by atoms with van der Waals surface area (Å²) in [6.45, 7) is 1.32. The third-order valence-corrected chi connectivity index (χ3v) is 5.00. The van der Waals surface area contributed by atoms with Gasteiger partial charge in [0.1, 0.15) is 5.82 Å². The number of urea groups is 1. The summed E-state index contributed by atoms with van der Waals surface area (Å²) in [6.07, 6.45) is -1.28. The average Bonchev–Trinajstić information content (AvgIpc) is 3.12. The fraction of sp³-hybridized carbons (Fsp3) is 0.250. The number of carbonyl (C=O) groups excluding carboxylic acids is 2. The van der Waals surface area contributed by atoms with E-state index < -0.39 is 29.4 Å². The van der Waals surface area contributed by atoms with Crippen LogP contribution in [0.25, 0.3) is 0 Å². The van der Waals surface area contributed by atoms with Crippen molar-refractivity contribution in [1.82, 2.24) is 10.2 Å². The van der Waals surface area contributed by atoms with Crippen LogP contribution in [0.5, 0.6) is 0 Å². The first-order chi connectivity index (χ1) is 10.9. The number of halogens is 1. The Morgan fingerprint density at radius 1 is 1.30 bits per heavy atom. The standard InChI is InChI=1S/C16H15FN2O3S/c1-16(13-7-4-8-23-13)14(21)19(15(22)18-16)9-12(20)10-5-2-3-6-11(10)17/h2-8,12,20H,9H2,1H3,(H,18,22). The molecule has 0 bridgehead atoms. The quantitative estimate of drug-likeness (QED) is 0.844. The number of rotatable bonds is 4. The second-order valence-corrected chi connectivity index (χ2v) is 6.43. The van der Waals surface area contributed by atoms with Crippen molar-refractivity contribution in [2.24, 2.45) is 0 Å². The van der Waals surface area contributed by atoms with Crippen LogP contribution in [0.15, 0.2) is 41.8 Å². The van der Waals surface area contributed by atoms with Gasteiger partial charge in [0.05, 0.1) is 12.6 Å². The molecule has 2 atom stereocenters. The second kappa shape index (κ2) is 5.75. The van der Waals surface area contributed by atoms with E-state index in [1.807, 2.05) is 5.38 Å². The van der Waals surface area contributed by atoms with Crippen LogP contribution >= 0.6 is 11.3 Å². The van der Waals surface area contributed by atoms with Crippen molar-refractivity contribution in [1.29, 1.82) is 0 Å². The number of hydrogen-bond acceptors (Lipinski definition) is 4. The van der Waals surface area contributed by atoms with Gasteiger partial charge in [0.2, 0.25) is 0 Å². The molecule has 2 aromatic rings. The molecule has 0 spiro atoms. The highest BCUT2D eigenvalue weighted by Crippen LogP contribution is 2.32. The molecule has 0 saturated carbocycles. The lowest BCUT2D eigenvalue weighted by Crippen LogP contribution is -2.40. The summed E-state index contributed by atoms with van der Waals surface area (Å²) in [5, 5.41) is 14.7. The van der Waals surface area contributed by atoms with E-state index in [-0.39, 0.29) is 12.1 Å². The van der Waals surface area contributed by atoms with Gasteiger partial charge in [-0.3, -0.25) is 9.69 Å². The van der Waals surface area contributed by atoms with Crippen LogP contribution in [0.3, 0.4) is 0 Å². The summed E-state index contributed by atoms with van der Waals surface area (Å²) in [4.78, 5) is 26.4. The number of nitrogens with zero attached hydrogens (tertiary/aromatic N) is 1. The minimum Gasteiger partial charge on any atom is -0.386 e. The van der Waals surface area contributed by atoms with Crippen molar-refractivity contribution in [2.75, 3.05) is 6.54 Å². The van der Waals surface area contributed by atoms with Crippen LogP contribution in [0.1, 0.15) is 23.5 Å². The number of thiophene rings is 1. The Bertz CT molecular complexity index is 750. The van der Waals surface area contributed by atoms with Gasteiger partial charge < -0.3 is 10.4 Å². The van der Waals surface area contributed by atoms with Gasteiger partial charge >= 0.3 is 6.03 Å². The summed E-state index contributed by atoms with van der Waals surface area (Å²) < 4.78 is 13.7. The number of benzene rings is 1. The molecular formula is C16H15FN2O3S. The molecule has 3 rings (SSSR count). The predicted octanol–water partition coefficient (Wildman–Crippen LogP) is 2.39. The Hall–Kier alpha value is -2.25. The van der Waals surface area contributed by atoms with Crippen LogP contribution in [0.4, 0.5) is 9.18 Å². The van der Waals surface area contributed by atoms with E-state index in [4.69, 9.17) is 0 Å². The van der Waals surface area contributed by atoms with Crippen LogP contribution in [-0.4, -0.2) is 28.5 Å². The molecular weight excluding hydrogens is 319 g/mol. The lowest BCUT2D eigenvalue weighted by molar-refractivity contribution is -0.132. The maximum atomic E-state index is 13.7. The number of imide groups is 1. The zero-order valence-electron chi connectivity index (χ0n) is 12.3. The average molecular weight is 334 g/mol. The van der Waals surface area contributed by atoms with Crippen molar-refractivity contribution in [2.45, 2.75) is 18.6 Å². The summed E-state index contributed by atoms with van der Waals surface area (Å²) >= 11 is 1.36. The highest BCUT2D eigenvalue weighted by atomic mass is 32.1. The molecule has 7 heteroatoms. The number of nitrogens with one attached hydrogen (secondary N) is 1. The molecule has 0 radical (unpaired) electrons. The fourth-order valence-electron chi connectivity index (χ4n) is 2.61. The molecule has 2 N–H and O–H groups in total. The first kappa shape index (κ1) is 15.6. The molecule has 2 heterocycles. The Morgan fingerprint density at radius 3 is 2.70 bits per heavy atom. The van der Waals surface area contributed by atoms with E-state index >= 15 is 0 Å². The Kier molecular flexibility index (Phi) is 3.91. The third-order valence-electron chi connectivity index (χ3n) is 3.91. The van der Waals surface area contributed by atoms with Crippen LogP contribution in [0.2, 0.25) is 0 Å². The number of β-amino-alcohol motifs (C(OH)–C–C–N with tert-alkyl or cyclic N) is 1. The highest BCUT2D eigenvalue weighted by Gasteiger charge is 2.50. The summed E-state index contributed by atoms with van der Waals surface area (Å²) in [6, 6.07) is 8.70. The fourth-order valence-corrected chi connectivity index (χ4v) is 3.44. The molecule has 0 aliphatic carbocycles. The molecule has 1 aromatic heterocycles.